The van der Waals surface area contributed by atoms with E-state index in [-0.39, 0.29) is 11.5 Å². The van der Waals surface area contributed by atoms with Crippen LogP contribution in [0.1, 0.15) is 22.3 Å². The van der Waals surface area contributed by atoms with Gasteiger partial charge in [0.2, 0.25) is 0 Å². The lowest BCUT2D eigenvalue weighted by molar-refractivity contribution is -0.0148. The number of benzene rings is 1. The molecule has 1 unspecified atom stereocenters. The smallest absolute Gasteiger partial charge is 0.252 e. The van der Waals surface area contributed by atoms with E-state index in [1.807, 2.05) is 25.1 Å². The van der Waals surface area contributed by atoms with E-state index in [0.717, 1.165) is 16.5 Å². The molecule has 0 bridgehead atoms. The quantitative estimate of drug-likeness (QED) is 0.923. The van der Waals surface area contributed by atoms with Crippen LogP contribution in [0.5, 0.6) is 0 Å². The Morgan fingerprint density at radius 2 is 2.37 bits per heavy atom. The van der Waals surface area contributed by atoms with E-state index in [0.29, 0.717) is 25.3 Å². The lowest BCUT2D eigenvalue weighted by atomic mass is 10.0. The molecule has 0 radical (unpaired) electrons. The molecule has 19 heavy (non-hydrogen) atoms. The first-order valence-corrected chi connectivity index (χ1v) is 7.03. The molecule has 1 heterocycles. The molecule has 0 saturated carbocycles. The molecule has 2 rings (SSSR count). The van der Waals surface area contributed by atoms with Crippen molar-refractivity contribution in [3.8, 4) is 0 Å². The second-order valence-corrected chi connectivity index (χ2v) is 5.71. The van der Waals surface area contributed by atoms with Gasteiger partial charge in [0, 0.05) is 31.2 Å². The van der Waals surface area contributed by atoms with Crippen LogP contribution in [0.15, 0.2) is 22.7 Å². The molecule has 1 aromatic carbocycles. The van der Waals surface area contributed by atoms with Crippen LogP contribution < -0.4 is 5.32 Å². The molecule has 104 valence electrons. The largest absolute Gasteiger partial charge is 0.378 e. The van der Waals surface area contributed by atoms with E-state index >= 15 is 0 Å². The van der Waals surface area contributed by atoms with E-state index in [1.165, 1.54) is 0 Å². The first kappa shape index (κ1) is 14.5. The number of halogens is 1. The molecular formula is C14H18BrNO3. The highest BCUT2D eigenvalue weighted by Crippen LogP contribution is 2.22. The van der Waals surface area contributed by atoms with Crippen molar-refractivity contribution in [2.75, 3.05) is 26.9 Å². The number of aryl methyl sites for hydroxylation is 1. The van der Waals surface area contributed by atoms with E-state index < -0.39 is 0 Å². The van der Waals surface area contributed by atoms with Crippen LogP contribution in [0.4, 0.5) is 0 Å². The van der Waals surface area contributed by atoms with Gasteiger partial charge in [0.05, 0.1) is 12.2 Å². The predicted molar refractivity (Wildman–Crippen MR) is 76.4 cm³/mol. The summed E-state index contributed by atoms with van der Waals surface area (Å²) in [6, 6.07) is 5.71. The SMILES string of the molecule is COC1(CNC(=O)c2cc(C)ccc2Br)CCOC1. The monoisotopic (exact) mass is 327 g/mol. The van der Waals surface area contributed by atoms with Crippen LogP contribution in [0.3, 0.4) is 0 Å². The third kappa shape index (κ3) is 3.35. The maximum Gasteiger partial charge on any atom is 0.252 e. The van der Waals surface area contributed by atoms with Gasteiger partial charge in [-0.3, -0.25) is 4.79 Å². The molecular weight excluding hydrogens is 310 g/mol. The summed E-state index contributed by atoms with van der Waals surface area (Å²) >= 11 is 3.40. The summed E-state index contributed by atoms with van der Waals surface area (Å²) in [4.78, 5) is 12.2. The molecule has 1 aliphatic rings. The summed E-state index contributed by atoms with van der Waals surface area (Å²) in [6.07, 6.45) is 0.804. The Balaban J connectivity index is 2.03. The van der Waals surface area contributed by atoms with Crippen molar-refractivity contribution in [1.82, 2.24) is 5.32 Å². The van der Waals surface area contributed by atoms with Crippen LogP contribution in [0, 0.1) is 6.92 Å². The third-order valence-corrected chi connectivity index (χ3v) is 4.13. The van der Waals surface area contributed by atoms with Gasteiger partial charge in [-0.25, -0.2) is 0 Å². The zero-order valence-electron chi connectivity index (χ0n) is 11.2. The number of carbonyl (C=O) groups is 1. The molecule has 1 atom stereocenters. The number of amides is 1. The Labute approximate surface area is 121 Å². The molecule has 5 heteroatoms. The highest BCUT2D eigenvalue weighted by atomic mass is 79.9. The van der Waals surface area contributed by atoms with E-state index in [2.05, 4.69) is 21.2 Å². The van der Waals surface area contributed by atoms with Crippen LogP contribution >= 0.6 is 15.9 Å². The molecule has 1 saturated heterocycles. The summed E-state index contributed by atoms with van der Waals surface area (Å²) in [6.45, 7) is 3.63. The van der Waals surface area contributed by atoms with E-state index in [1.54, 1.807) is 7.11 Å². The molecule has 1 amide bonds. The Morgan fingerprint density at radius 1 is 1.58 bits per heavy atom. The third-order valence-electron chi connectivity index (χ3n) is 3.44. The summed E-state index contributed by atoms with van der Waals surface area (Å²) in [5.74, 6) is -0.0982. The molecule has 1 aromatic rings. The zero-order chi connectivity index (χ0) is 13.9. The summed E-state index contributed by atoms with van der Waals surface area (Å²) in [7, 11) is 1.66. The average molecular weight is 328 g/mol. The number of ether oxygens (including phenoxy) is 2. The Bertz CT molecular complexity index is 470. The minimum absolute atomic E-state index is 0.0982. The molecule has 1 N–H and O–H groups in total. The molecule has 1 aliphatic heterocycles. The fourth-order valence-corrected chi connectivity index (χ4v) is 2.54. The van der Waals surface area contributed by atoms with Crippen LogP contribution in [-0.4, -0.2) is 38.4 Å². The van der Waals surface area contributed by atoms with Crippen molar-refractivity contribution in [3.05, 3.63) is 33.8 Å². The first-order chi connectivity index (χ1) is 9.06. The number of rotatable bonds is 4. The summed E-state index contributed by atoms with van der Waals surface area (Å²) in [5, 5.41) is 2.93. The van der Waals surface area contributed by atoms with Crippen molar-refractivity contribution < 1.29 is 14.3 Å². The zero-order valence-corrected chi connectivity index (χ0v) is 12.7. The Hall–Kier alpha value is -0.910. The van der Waals surface area contributed by atoms with Crippen molar-refractivity contribution in [3.63, 3.8) is 0 Å². The maximum atomic E-state index is 12.2. The van der Waals surface area contributed by atoms with E-state index in [9.17, 15) is 4.79 Å². The second kappa shape index (κ2) is 6.03. The van der Waals surface area contributed by atoms with Gasteiger partial charge in [-0.05, 0) is 35.0 Å². The molecule has 0 aromatic heterocycles. The van der Waals surface area contributed by atoms with Gasteiger partial charge in [-0.15, -0.1) is 0 Å². The lowest BCUT2D eigenvalue weighted by Crippen LogP contribution is -2.45. The van der Waals surface area contributed by atoms with Gasteiger partial charge in [-0.2, -0.15) is 0 Å². The summed E-state index contributed by atoms with van der Waals surface area (Å²) < 4.78 is 11.6. The second-order valence-electron chi connectivity index (χ2n) is 4.86. The summed E-state index contributed by atoms with van der Waals surface area (Å²) in [5.41, 5.74) is 1.32. The van der Waals surface area contributed by atoms with Gasteiger partial charge >= 0.3 is 0 Å². The molecule has 0 spiro atoms. The number of methoxy groups -OCH3 is 1. The van der Waals surface area contributed by atoms with Crippen molar-refractivity contribution >= 4 is 21.8 Å². The van der Waals surface area contributed by atoms with Gasteiger partial charge in [-0.1, -0.05) is 11.6 Å². The van der Waals surface area contributed by atoms with Crippen LogP contribution in [-0.2, 0) is 9.47 Å². The molecule has 4 nitrogen and oxygen atoms in total. The lowest BCUT2D eigenvalue weighted by Gasteiger charge is -2.26. The highest BCUT2D eigenvalue weighted by molar-refractivity contribution is 9.10. The minimum atomic E-state index is -0.383. The van der Waals surface area contributed by atoms with Gasteiger partial charge in [0.15, 0.2) is 0 Å². The average Bonchev–Trinajstić information content (AvgIpc) is 2.88. The van der Waals surface area contributed by atoms with Crippen LogP contribution in [0.2, 0.25) is 0 Å². The molecule has 0 aliphatic carbocycles. The fourth-order valence-electron chi connectivity index (χ4n) is 2.11. The standard InChI is InChI=1S/C14H18BrNO3/c1-10-3-4-12(15)11(7-10)13(17)16-8-14(18-2)5-6-19-9-14/h3-4,7H,5-6,8-9H2,1-2H3,(H,16,17). The number of carbonyl (C=O) groups excluding carboxylic acids is 1. The first-order valence-electron chi connectivity index (χ1n) is 6.24. The number of hydrogen-bond acceptors (Lipinski definition) is 3. The normalized spacial score (nSPS) is 22.5. The predicted octanol–water partition coefficient (Wildman–Crippen LogP) is 2.29. The van der Waals surface area contributed by atoms with Gasteiger partial charge < -0.3 is 14.8 Å². The van der Waals surface area contributed by atoms with Gasteiger partial charge in [0.1, 0.15) is 5.60 Å². The highest BCUT2D eigenvalue weighted by Gasteiger charge is 2.35. The fraction of sp³-hybridized carbons (Fsp3) is 0.500. The molecule has 1 fully saturated rings. The number of nitrogens with one attached hydrogen (secondary N) is 1. The van der Waals surface area contributed by atoms with Crippen LogP contribution in [0.25, 0.3) is 0 Å². The maximum absolute atomic E-state index is 12.2. The minimum Gasteiger partial charge on any atom is -0.378 e. The Kier molecular flexibility index (Phi) is 4.60. The van der Waals surface area contributed by atoms with Crippen molar-refractivity contribution in [1.29, 1.82) is 0 Å². The van der Waals surface area contributed by atoms with Gasteiger partial charge in [0.25, 0.3) is 5.91 Å². The van der Waals surface area contributed by atoms with Crippen molar-refractivity contribution in [2.24, 2.45) is 0 Å². The number of hydrogen-bond donors (Lipinski definition) is 1. The van der Waals surface area contributed by atoms with Crippen molar-refractivity contribution in [2.45, 2.75) is 18.9 Å². The topological polar surface area (TPSA) is 47.6 Å². The Morgan fingerprint density at radius 3 is 3.00 bits per heavy atom. The van der Waals surface area contributed by atoms with E-state index in [4.69, 9.17) is 9.47 Å².